The summed E-state index contributed by atoms with van der Waals surface area (Å²) in [5.41, 5.74) is 5.12. The lowest BCUT2D eigenvalue weighted by atomic mass is 9.90. The molecule has 0 aromatic heterocycles. The molecule has 0 bridgehead atoms. The largest absolute Gasteiger partial charge is 0.358 e. The average Bonchev–Trinajstić information content (AvgIpc) is 3.25. The van der Waals surface area contributed by atoms with Crippen molar-refractivity contribution in [3.05, 3.63) is 107 Å². The SMILES string of the molecule is CNC(=O)[C@@H]1C[C@H](NCc2cccc(C)c2)CN1CC(c1ccccc1)c1ccccc1. The van der Waals surface area contributed by atoms with Crippen molar-refractivity contribution in [3.8, 4) is 0 Å². The molecule has 4 nitrogen and oxygen atoms in total. The van der Waals surface area contributed by atoms with Gasteiger partial charge in [0.25, 0.3) is 0 Å². The maximum atomic E-state index is 12.8. The number of nitrogens with zero attached hydrogens (tertiary/aromatic N) is 1. The lowest BCUT2D eigenvalue weighted by Crippen LogP contribution is -2.43. The summed E-state index contributed by atoms with van der Waals surface area (Å²) < 4.78 is 0. The first-order valence-corrected chi connectivity index (χ1v) is 11.5. The molecule has 1 saturated heterocycles. The van der Waals surface area contributed by atoms with E-state index in [0.29, 0.717) is 0 Å². The molecular weight excluding hydrogens is 394 g/mol. The number of likely N-dealkylation sites (tertiary alicyclic amines) is 1. The molecular formula is C28H33N3O. The highest BCUT2D eigenvalue weighted by Crippen LogP contribution is 2.29. The first kappa shape index (κ1) is 22.3. The molecule has 4 heteroatoms. The molecule has 0 saturated carbocycles. The second-order valence-corrected chi connectivity index (χ2v) is 8.76. The van der Waals surface area contributed by atoms with Crippen LogP contribution in [-0.2, 0) is 11.3 Å². The first-order valence-electron chi connectivity index (χ1n) is 11.5. The highest BCUT2D eigenvalue weighted by molar-refractivity contribution is 5.81. The van der Waals surface area contributed by atoms with E-state index in [-0.39, 0.29) is 23.9 Å². The van der Waals surface area contributed by atoms with Gasteiger partial charge in [0.1, 0.15) is 0 Å². The maximum absolute atomic E-state index is 12.8. The number of hydrogen-bond acceptors (Lipinski definition) is 3. The summed E-state index contributed by atoms with van der Waals surface area (Å²) >= 11 is 0. The van der Waals surface area contributed by atoms with Crippen LogP contribution in [0.1, 0.15) is 34.6 Å². The minimum atomic E-state index is -0.120. The highest BCUT2D eigenvalue weighted by Gasteiger charge is 2.37. The molecule has 0 radical (unpaired) electrons. The van der Waals surface area contributed by atoms with Crippen molar-refractivity contribution in [2.75, 3.05) is 20.1 Å². The fourth-order valence-electron chi connectivity index (χ4n) is 4.79. The van der Waals surface area contributed by atoms with Gasteiger partial charge in [-0.1, -0.05) is 90.5 Å². The summed E-state index contributed by atoms with van der Waals surface area (Å²) in [4.78, 5) is 15.1. The van der Waals surface area contributed by atoms with Gasteiger partial charge in [0.15, 0.2) is 0 Å². The van der Waals surface area contributed by atoms with Crippen LogP contribution in [0.5, 0.6) is 0 Å². The zero-order valence-electron chi connectivity index (χ0n) is 19.0. The molecule has 1 aliphatic heterocycles. The molecule has 166 valence electrons. The Morgan fingerprint density at radius 3 is 2.22 bits per heavy atom. The van der Waals surface area contributed by atoms with Crippen molar-refractivity contribution in [2.45, 2.75) is 37.9 Å². The monoisotopic (exact) mass is 427 g/mol. The van der Waals surface area contributed by atoms with Gasteiger partial charge in [0.05, 0.1) is 6.04 Å². The molecule has 3 aromatic carbocycles. The van der Waals surface area contributed by atoms with Gasteiger partial charge in [-0.25, -0.2) is 0 Å². The minimum absolute atomic E-state index is 0.102. The van der Waals surface area contributed by atoms with Crippen LogP contribution in [0.2, 0.25) is 0 Å². The van der Waals surface area contributed by atoms with Crippen LogP contribution in [0.3, 0.4) is 0 Å². The number of amides is 1. The van der Waals surface area contributed by atoms with Crippen molar-refractivity contribution in [1.82, 2.24) is 15.5 Å². The predicted octanol–water partition coefficient (Wildman–Crippen LogP) is 4.11. The Hall–Kier alpha value is -2.95. The van der Waals surface area contributed by atoms with E-state index in [9.17, 15) is 4.79 Å². The normalized spacial score (nSPS) is 18.7. The van der Waals surface area contributed by atoms with Crippen LogP contribution in [0, 0.1) is 6.92 Å². The molecule has 0 aliphatic carbocycles. The van der Waals surface area contributed by atoms with E-state index >= 15 is 0 Å². The molecule has 1 heterocycles. The van der Waals surface area contributed by atoms with E-state index < -0.39 is 0 Å². The molecule has 32 heavy (non-hydrogen) atoms. The van der Waals surface area contributed by atoms with Gasteiger partial charge in [-0.2, -0.15) is 0 Å². The summed E-state index contributed by atoms with van der Waals surface area (Å²) in [6.07, 6.45) is 0.821. The Balaban J connectivity index is 1.51. The van der Waals surface area contributed by atoms with E-state index in [0.717, 1.165) is 26.1 Å². The van der Waals surface area contributed by atoms with Gasteiger partial charge in [0.2, 0.25) is 5.91 Å². The molecule has 2 atom stereocenters. The number of likely N-dealkylation sites (N-methyl/N-ethyl adjacent to an activating group) is 1. The first-order chi connectivity index (χ1) is 15.6. The van der Waals surface area contributed by atoms with Crippen LogP contribution in [0.4, 0.5) is 0 Å². The summed E-state index contributed by atoms with van der Waals surface area (Å²) in [7, 11) is 1.74. The molecule has 2 N–H and O–H groups in total. The van der Waals surface area contributed by atoms with Crippen LogP contribution in [0.25, 0.3) is 0 Å². The Bertz CT molecular complexity index is 966. The van der Waals surface area contributed by atoms with E-state index in [4.69, 9.17) is 0 Å². The number of aryl methyl sites for hydroxylation is 1. The van der Waals surface area contributed by atoms with Gasteiger partial charge in [0, 0.05) is 38.6 Å². The standard InChI is InChI=1S/C28H33N3O/c1-21-10-9-11-22(16-21)18-30-25-17-27(28(32)29-2)31(19-25)20-26(23-12-5-3-6-13-23)24-14-7-4-8-15-24/h3-16,25-27,30H,17-20H2,1-2H3,(H,29,32)/t25-,27-/m0/s1. The van der Waals surface area contributed by atoms with Crippen molar-refractivity contribution in [2.24, 2.45) is 0 Å². The quantitative estimate of drug-likeness (QED) is 0.569. The second kappa shape index (κ2) is 10.6. The van der Waals surface area contributed by atoms with Gasteiger partial charge in [-0.3, -0.25) is 9.69 Å². The van der Waals surface area contributed by atoms with Crippen molar-refractivity contribution in [3.63, 3.8) is 0 Å². The van der Waals surface area contributed by atoms with Crippen molar-refractivity contribution < 1.29 is 4.79 Å². The molecule has 3 aromatic rings. The van der Waals surface area contributed by atoms with E-state index in [1.807, 2.05) is 0 Å². The number of hydrogen-bond donors (Lipinski definition) is 2. The third-order valence-electron chi connectivity index (χ3n) is 6.45. The average molecular weight is 428 g/mol. The molecule has 0 unspecified atom stereocenters. The van der Waals surface area contributed by atoms with Crippen molar-refractivity contribution in [1.29, 1.82) is 0 Å². The lowest BCUT2D eigenvalue weighted by molar-refractivity contribution is -0.125. The molecule has 1 aliphatic rings. The molecule has 0 spiro atoms. The lowest BCUT2D eigenvalue weighted by Gasteiger charge is -2.28. The zero-order chi connectivity index (χ0) is 22.3. The van der Waals surface area contributed by atoms with E-state index in [1.54, 1.807) is 7.05 Å². The van der Waals surface area contributed by atoms with Gasteiger partial charge in [-0.05, 0) is 30.0 Å². The van der Waals surface area contributed by atoms with Gasteiger partial charge in [-0.15, -0.1) is 0 Å². The minimum Gasteiger partial charge on any atom is -0.358 e. The van der Waals surface area contributed by atoms with Crippen LogP contribution >= 0.6 is 0 Å². The topological polar surface area (TPSA) is 44.4 Å². The van der Waals surface area contributed by atoms with Crippen molar-refractivity contribution >= 4 is 5.91 Å². The van der Waals surface area contributed by atoms with Crippen LogP contribution < -0.4 is 10.6 Å². The summed E-state index contributed by atoms with van der Waals surface area (Å²) in [6.45, 7) is 4.62. The Kier molecular flexibility index (Phi) is 7.35. The van der Waals surface area contributed by atoms with E-state index in [1.165, 1.54) is 22.3 Å². The second-order valence-electron chi connectivity index (χ2n) is 8.76. The fourth-order valence-corrected chi connectivity index (χ4v) is 4.79. The van der Waals surface area contributed by atoms with Gasteiger partial charge < -0.3 is 10.6 Å². The maximum Gasteiger partial charge on any atom is 0.237 e. The summed E-state index contributed by atoms with van der Waals surface area (Å²) in [6, 6.07) is 30.0. The number of carbonyl (C=O) groups is 1. The summed E-state index contributed by atoms with van der Waals surface area (Å²) in [5, 5.41) is 6.58. The Labute approximate surface area is 191 Å². The van der Waals surface area contributed by atoms with Crippen LogP contribution in [-0.4, -0.2) is 43.0 Å². The third kappa shape index (κ3) is 5.45. The molecule has 1 amide bonds. The predicted molar refractivity (Wildman–Crippen MR) is 131 cm³/mol. The smallest absolute Gasteiger partial charge is 0.237 e. The highest BCUT2D eigenvalue weighted by atomic mass is 16.2. The number of benzene rings is 3. The van der Waals surface area contributed by atoms with Gasteiger partial charge >= 0.3 is 0 Å². The zero-order valence-corrected chi connectivity index (χ0v) is 19.0. The molecule has 1 fully saturated rings. The molecule has 4 rings (SSSR count). The van der Waals surface area contributed by atoms with Crippen LogP contribution in [0.15, 0.2) is 84.9 Å². The van der Waals surface area contributed by atoms with E-state index in [2.05, 4.69) is 107 Å². The number of rotatable bonds is 8. The Morgan fingerprint density at radius 1 is 0.969 bits per heavy atom. The number of carbonyl (C=O) groups excluding carboxylic acids is 1. The summed E-state index contributed by atoms with van der Waals surface area (Å²) in [5.74, 6) is 0.324. The fraction of sp³-hybridized carbons (Fsp3) is 0.321. The number of nitrogens with one attached hydrogen (secondary N) is 2. The Morgan fingerprint density at radius 2 is 1.62 bits per heavy atom. The third-order valence-corrected chi connectivity index (χ3v) is 6.45.